The number of hydrogen-bond acceptors (Lipinski definition) is 6. The molecule has 0 radical (unpaired) electrons. The molecule has 0 unspecified atom stereocenters. The summed E-state index contributed by atoms with van der Waals surface area (Å²) in [6.07, 6.45) is 1.79. The number of aromatic nitrogens is 1. The molecule has 1 saturated heterocycles. The first-order chi connectivity index (χ1) is 8.04. The molecule has 0 bridgehead atoms. The largest absolute Gasteiger partial charge is 0.353 e. The lowest BCUT2D eigenvalue weighted by molar-refractivity contribution is -0.135. The number of amides is 1. The van der Waals surface area contributed by atoms with Crippen LogP contribution in [0.4, 0.5) is 5.13 Å². The first-order valence-corrected chi connectivity index (χ1v) is 6.30. The fourth-order valence-corrected chi connectivity index (χ4v) is 2.59. The summed E-state index contributed by atoms with van der Waals surface area (Å²) in [6.45, 7) is 6.14. The third-order valence-corrected chi connectivity index (χ3v) is 3.95. The van der Waals surface area contributed by atoms with E-state index in [-0.39, 0.29) is 5.91 Å². The fraction of sp³-hybridized carbons (Fsp3) is 0.600. The van der Waals surface area contributed by atoms with E-state index >= 15 is 0 Å². The molecule has 0 aromatic carbocycles. The minimum Gasteiger partial charge on any atom is -0.353 e. The van der Waals surface area contributed by atoms with Crippen molar-refractivity contribution in [3.05, 3.63) is 11.1 Å². The van der Waals surface area contributed by atoms with Crippen molar-refractivity contribution in [2.75, 3.05) is 18.5 Å². The predicted molar refractivity (Wildman–Crippen MR) is 67.4 cm³/mol. The van der Waals surface area contributed by atoms with E-state index in [9.17, 15) is 4.79 Å². The first-order valence-electron chi connectivity index (χ1n) is 5.48. The van der Waals surface area contributed by atoms with Crippen LogP contribution in [-0.4, -0.2) is 34.4 Å². The Morgan fingerprint density at radius 3 is 3.12 bits per heavy atom. The van der Waals surface area contributed by atoms with E-state index < -0.39 is 5.54 Å². The summed E-state index contributed by atoms with van der Waals surface area (Å²) in [5, 5.41) is 3.57. The van der Waals surface area contributed by atoms with Gasteiger partial charge in [0, 0.05) is 30.7 Å². The molecule has 1 amide bonds. The van der Waals surface area contributed by atoms with Gasteiger partial charge in [-0.3, -0.25) is 15.1 Å². The molecule has 17 heavy (non-hydrogen) atoms. The first kappa shape index (κ1) is 12.3. The van der Waals surface area contributed by atoms with E-state index in [4.69, 9.17) is 5.84 Å². The van der Waals surface area contributed by atoms with E-state index in [0.717, 1.165) is 18.0 Å². The van der Waals surface area contributed by atoms with Gasteiger partial charge in [0.2, 0.25) is 5.91 Å². The van der Waals surface area contributed by atoms with Crippen LogP contribution < -0.4 is 16.6 Å². The van der Waals surface area contributed by atoms with E-state index in [2.05, 4.69) is 20.6 Å². The summed E-state index contributed by atoms with van der Waals surface area (Å²) in [4.78, 5) is 19.2. The Labute approximate surface area is 104 Å². The van der Waals surface area contributed by atoms with Crippen molar-refractivity contribution in [3.8, 4) is 0 Å². The maximum Gasteiger partial charge on any atom is 0.240 e. The van der Waals surface area contributed by atoms with Gasteiger partial charge in [0.25, 0.3) is 0 Å². The Morgan fingerprint density at radius 2 is 2.47 bits per heavy atom. The molecule has 1 aliphatic rings. The molecule has 0 aliphatic carbocycles. The second-order valence-corrected chi connectivity index (χ2v) is 5.63. The number of carbonyl (C=O) groups excluding carboxylic acids is 1. The van der Waals surface area contributed by atoms with Crippen molar-refractivity contribution >= 4 is 22.4 Å². The van der Waals surface area contributed by atoms with Crippen molar-refractivity contribution in [1.82, 2.24) is 15.2 Å². The molecule has 2 heterocycles. The maximum atomic E-state index is 11.8. The fourth-order valence-electron chi connectivity index (χ4n) is 1.86. The van der Waals surface area contributed by atoms with Gasteiger partial charge in [-0.05, 0) is 13.8 Å². The molecule has 0 saturated carbocycles. The van der Waals surface area contributed by atoms with Crippen LogP contribution in [0.3, 0.4) is 0 Å². The number of rotatable bonds is 3. The van der Waals surface area contributed by atoms with Crippen molar-refractivity contribution in [3.63, 3.8) is 0 Å². The number of piperazine rings is 1. The zero-order valence-electron chi connectivity index (χ0n) is 9.99. The van der Waals surface area contributed by atoms with Crippen LogP contribution in [0.25, 0.3) is 0 Å². The summed E-state index contributed by atoms with van der Waals surface area (Å²) in [5.74, 6) is 5.37. The van der Waals surface area contributed by atoms with E-state index in [1.54, 1.807) is 6.20 Å². The van der Waals surface area contributed by atoms with Crippen LogP contribution in [0, 0.1) is 0 Å². The van der Waals surface area contributed by atoms with Crippen molar-refractivity contribution in [2.45, 2.75) is 25.9 Å². The van der Waals surface area contributed by atoms with Gasteiger partial charge in [-0.2, -0.15) is 0 Å². The molecule has 1 aromatic heterocycles. The third kappa shape index (κ3) is 2.41. The lowest BCUT2D eigenvalue weighted by atomic mass is 9.99. The molecule has 4 N–H and O–H groups in total. The highest BCUT2D eigenvalue weighted by atomic mass is 32.1. The molecule has 7 heteroatoms. The standard InChI is InChI=1S/C10H17N5OS/c1-10(2)8(16)12-3-4-15(10)6-7-5-13-9(14-11)17-7/h5H,3-4,6,11H2,1-2H3,(H,12,16)(H,13,14). The average Bonchev–Trinajstić information content (AvgIpc) is 2.73. The lowest BCUT2D eigenvalue weighted by Crippen LogP contribution is -2.61. The Hall–Kier alpha value is -1.18. The molecule has 6 nitrogen and oxygen atoms in total. The van der Waals surface area contributed by atoms with Crippen LogP contribution in [0.1, 0.15) is 18.7 Å². The van der Waals surface area contributed by atoms with Crippen LogP contribution in [0.2, 0.25) is 0 Å². The zero-order valence-corrected chi connectivity index (χ0v) is 10.8. The van der Waals surface area contributed by atoms with E-state index in [0.29, 0.717) is 11.7 Å². The smallest absolute Gasteiger partial charge is 0.240 e. The molecule has 0 atom stereocenters. The van der Waals surface area contributed by atoms with Gasteiger partial charge in [0.15, 0.2) is 5.13 Å². The van der Waals surface area contributed by atoms with E-state index in [1.165, 1.54) is 11.3 Å². The highest BCUT2D eigenvalue weighted by Crippen LogP contribution is 2.24. The highest BCUT2D eigenvalue weighted by Gasteiger charge is 2.37. The Balaban J connectivity index is 2.09. The van der Waals surface area contributed by atoms with Gasteiger partial charge in [-0.25, -0.2) is 10.8 Å². The molecular formula is C10H17N5OS. The summed E-state index contributed by atoms with van der Waals surface area (Å²) < 4.78 is 0. The van der Waals surface area contributed by atoms with Crippen LogP contribution in [-0.2, 0) is 11.3 Å². The van der Waals surface area contributed by atoms with Crippen LogP contribution in [0.15, 0.2) is 6.20 Å². The number of nitrogens with two attached hydrogens (primary N) is 1. The number of nitrogens with zero attached hydrogens (tertiary/aromatic N) is 2. The molecule has 1 aliphatic heterocycles. The molecule has 94 valence electrons. The minimum atomic E-state index is -0.474. The van der Waals surface area contributed by atoms with Gasteiger partial charge in [-0.15, -0.1) is 0 Å². The van der Waals surface area contributed by atoms with Gasteiger partial charge >= 0.3 is 0 Å². The molecule has 0 spiro atoms. The third-order valence-electron chi connectivity index (χ3n) is 3.04. The van der Waals surface area contributed by atoms with Gasteiger partial charge in [0.1, 0.15) is 0 Å². The lowest BCUT2D eigenvalue weighted by Gasteiger charge is -2.40. The Morgan fingerprint density at radius 1 is 1.71 bits per heavy atom. The van der Waals surface area contributed by atoms with E-state index in [1.807, 2.05) is 13.8 Å². The van der Waals surface area contributed by atoms with Crippen molar-refractivity contribution in [1.29, 1.82) is 0 Å². The highest BCUT2D eigenvalue weighted by molar-refractivity contribution is 7.15. The van der Waals surface area contributed by atoms with Crippen LogP contribution >= 0.6 is 11.3 Å². The van der Waals surface area contributed by atoms with Crippen molar-refractivity contribution < 1.29 is 4.79 Å². The van der Waals surface area contributed by atoms with Crippen LogP contribution in [0.5, 0.6) is 0 Å². The maximum absolute atomic E-state index is 11.8. The topological polar surface area (TPSA) is 83.3 Å². The van der Waals surface area contributed by atoms with Gasteiger partial charge in [0.05, 0.1) is 5.54 Å². The summed E-state index contributed by atoms with van der Waals surface area (Å²) >= 11 is 1.51. The number of nitrogen functional groups attached to an aromatic ring is 1. The number of hydrazine groups is 1. The number of anilines is 1. The quantitative estimate of drug-likeness (QED) is 0.528. The SMILES string of the molecule is CC1(C)C(=O)NCCN1Cc1cnc(NN)s1. The molecule has 2 rings (SSSR count). The second-order valence-electron chi connectivity index (χ2n) is 4.51. The molecular weight excluding hydrogens is 238 g/mol. The summed E-state index contributed by atoms with van der Waals surface area (Å²) in [7, 11) is 0. The average molecular weight is 255 g/mol. The monoisotopic (exact) mass is 255 g/mol. The summed E-state index contributed by atoms with van der Waals surface area (Å²) in [5.41, 5.74) is 2.05. The van der Waals surface area contributed by atoms with Gasteiger partial charge in [-0.1, -0.05) is 11.3 Å². The number of carbonyl (C=O) groups is 1. The second kappa shape index (κ2) is 4.59. The van der Waals surface area contributed by atoms with Gasteiger partial charge < -0.3 is 5.32 Å². The number of thiazole rings is 1. The zero-order chi connectivity index (χ0) is 12.5. The number of hydrogen-bond donors (Lipinski definition) is 3. The normalized spacial score (nSPS) is 20.1. The molecule has 1 fully saturated rings. The Bertz CT molecular complexity index is 417. The minimum absolute atomic E-state index is 0.0745. The predicted octanol–water partition coefficient (Wildman–Crippen LogP) is 0.139. The van der Waals surface area contributed by atoms with Crippen molar-refractivity contribution in [2.24, 2.45) is 5.84 Å². The number of nitrogens with one attached hydrogen (secondary N) is 2. The summed E-state index contributed by atoms with van der Waals surface area (Å²) in [6, 6.07) is 0. The molecule has 1 aromatic rings. The Kier molecular flexibility index (Phi) is 3.32.